The molecule has 1 saturated heterocycles. The molecular formula is C38H45N5O5. The maximum absolute atomic E-state index is 13.3. The maximum Gasteiger partial charge on any atom is 0.293 e. The van der Waals surface area contributed by atoms with Crippen molar-refractivity contribution in [3.05, 3.63) is 106 Å². The van der Waals surface area contributed by atoms with Crippen LogP contribution in [0.3, 0.4) is 0 Å². The number of aliphatic hydroxyl groups excluding tert-OH is 1. The van der Waals surface area contributed by atoms with Crippen molar-refractivity contribution in [2.24, 2.45) is 7.05 Å². The number of carbonyl (C=O) groups excluding carboxylic acids is 2. The predicted octanol–water partition coefficient (Wildman–Crippen LogP) is 6.05. The fourth-order valence-corrected chi connectivity index (χ4v) is 5.90. The van der Waals surface area contributed by atoms with Gasteiger partial charge in [-0.2, -0.15) is 0 Å². The van der Waals surface area contributed by atoms with Gasteiger partial charge >= 0.3 is 0 Å². The largest absolute Gasteiger partial charge is 0.394 e. The van der Waals surface area contributed by atoms with Crippen LogP contribution in [0.1, 0.15) is 71.4 Å². The molecule has 0 bridgehead atoms. The highest BCUT2D eigenvalue weighted by molar-refractivity contribution is 6.05. The SMILES string of the molecule is Cc1c(NC(=O)c2ccc(C(C)(C)COCCO)cc2)cccc1-c1cn(C)c(=O)c(Nc2ccc(C(=O)N3CCCCCC3)cc2)n1. The molecule has 2 amide bonds. The van der Waals surface area contributed by atoms with Crippen LogP contribution in [0.4, 0.5) is 17.2 Å². The number of likely N-dealkylation sites (tertiary alicyclic amines) is 1. The van der Waals surface area contributed by atoms with E-state index in [1.165, 1.54) is 4.57 Å². The third-order valence-electron chi connectivity index (χ3n) is 8.84. The summed E-state index contributed by atoms with van der Waals surface area (Å²) in [4.78, 5) is 46.0. The van der Waals surface area contributed by atoms with Crippen molar-refractivity contribution >= 4 is 29.0 Å². The molecule has 10 nitrogen and oxygen atoms in total. The highest BCUT2D eigenvalue weighted by Gasteiger charge is 2.22. The first kappa shape index (κ1) is 34.5. The normalized spacial score (nSPS) is 13.6. The Morgan fingerprint density at radius 2 is 1.60 bits per heavy atom. The number of aryl methyl sites for hydroxylation is 1. The Hall–Kier alpha value is -4.80. The van der Waals surface area contributed by atoms with Crippen LogP contribution in [0.5, 0.6) is 0 Å². The minimum absolute atomic E-state index is 0.0239. The average Bonchev–Trinajstić information content (AvgIpc) is 3.38. The lowest BCUT2D eigenvalue weighted by Crippen LogP contribution is -2.31. The standard InChI is InChI=1S/C38H45N5O5/c1-26-31(10-9-11-32(26)41-35(45)27-12-16-29(17-13-27)38(2,3)25-48-23-22-44)33-24-42(4)37(47)34(40-33)39-30-18-14-28(15-19-30)36(46)43-20-7-5-6-8-21-43/h9-19,24,44H,5-8,20-23,25H2,1-4H3,(H,39,40)(H,41,45). The van der Waals surface area contributed by atoms with E-state index in [1.54, 1.807) is 49.6 Å². The monoisotopic (exact) mass is 651 g/mol. The van der Waals surface area contributed by atoms with Crippen LogP contribution in [-0.4, -0.2) is 64.3 Å². The van der Waals surface area contributed by atoms with E-state index < -0.39 is 0 Å². The number of aliphatic hydroxyl groups is 1. The van der Waals surface area contributed by atoms with E-state index in [4.69, 9.17) is 9.84 Å². The first-order valence-electron chi connectivity index (χ1n) is 16.5. The highest BCUT2D eigenvalue weighted by Crippen LogP contribution is 2.29. The van der Waals surface area contributed by atoms with E-state index in [0.29, 0.717) is 34.8 Å². The zero-order valence-electron chi connectivity index (χ0n) is 28.2. The number of aromatic nitrogens is 2. The molecule has 0 atom stereocenters. The van der Waals surface area contributed by atoms with Gasteiger partial charge in [0.05, 0.1) is 25.5 Å². The molecule has 3 aromatic carbocycles. The van der Waals surface area contributed by atoms with Gasteiger partial charge in [0.1, 0.15) is 0 Å². The molecule has 1 aliphatic heterocycles. The van der Waals surface area contributed by atoms with E-state index in [2.05, 4.69) is 29.5 Å². The number of rotatable bonds is 11. The van der Waals surface area contributed by atoms with Gasteiger partial charge in [0.2, 0.25) is 0 Å². The molecule has 0 unspecified atom stereocenters. The molecule has 1 aliphatic rings. The summed E-state index contributed by atoms with van der Waals surface area (Å²) in [6.45, 7) is 8.29. The smallest absolute Gasteiger partial charge is 0.293 e. The molecule has 5 rings (SSSR count). The fraction of sp³-hybridized carbons (Fsp3) is 0.368. The predicted molar refractivity (Wildman–Crippen MR) is 189 cm³/mol. The number of carbonyl (C=O) groups is 2. The quantitative estimate of drug-likeness (QED) is 0.169. The minimum Gasteiger partial charge on any atom is -0.394 e. The summed E-state index contributed by atoms with van der Waals surface area (Å²) in [5, 5.41) is 15.2. The second-order valence-corrected chi connectivity index (χ2v) is 13.0. The fourth-order valence-electron chi connectivity index (χ4n) is 5.90. The van der Waals surface area contributed by atoms with Crippen molar-refractivity contribution in [1.82, 2.24) is 14.5 Å². The van der Waals surface area contributed by atoms with Crippen LogP contribution < -0.4 is 16.2 Å². The Labute approximate surface area is 281 Å². The van der Waals surface area contributed by atoms with E-state index >= 15 is 0 Å². The lowest BCUT2D eigenvalue weighted by molar-refractivity contribution is 0.0642. The van der Waals surface area contributed by atoms with Gasteiger partial charge in [-0.05, 0) is 73.4 Å². The zero-order valence-corrected chi connectivity index (χ0v) is 28.2. The number of hydrogen-bond donors (Lipinski definition) is 3. The van der Waals surface area contributed by atoms with Gasteiger partial charge in [-0.3, -0.25) is 14.4 Å². The van der Waals surface area contributed by atoms with Crippen molar-refractivity contribution in [2.75, 3.05) is 43.5 Å². The molecule has 3 N–H and O–H groups in total. The molecule has 0 saturated carbocycles. The average molecular weight is 652 g/mol. The van der Waals surface area contributed by atoms with Gasteiger partial charge in [-0.1, -0.05) is 51.0 Å². The van der Waals surface area contributed by atoms with Crippen molar-refractivity contribution in [2.45, 2.75) is 51.9 Å². The lowest BCUT2D eigenvalue weighted by Gasteiger charge is -2.25. The second-order valence-electron chi connectivity index (χ2n) is 13.0. The summed E-state index contributed by atoms with van der Waals surface area (Å²) in [7, 11) is 1.67. The third-order valence-corrected chi connectivity index (χ3v) is 8.84. The number of amides is 2. The third kappa shape index (κ3) is 8.18. The van der Waals surface area contributed by atoms with Crippen LogP contribution in [-0.2, 0) is 17.2 Å². The molecule has 1 aromatic heterocycles. The molecule has 4 aromatic rings. The molecule has 0 radical (unpaired) electrons. The minimum atomic E-state index is -0.294. The number of anilines is 3. The summed E-state index contributed by atoms with van der Waals surface area (Å²) in [6.07, 6.45) is 6.05. The number of nitrogens with zero attached hydrogens (tertiary/aromatic N) is 3. The molecule has 252 valence electrons. The zero-order chi connectivity index (χ0) is 34.3. The van der Waals surface area contributed by atoms with Crippen LogP contribution in [0.25, 0.3) is 11.3 Å². The summed E-state index contributed by atoms with van der Waals surface area (Å²) in [5.41, 5.74) is 5.01. The van der Waals surface area contributed by atoms with Crippen molar-refractivity contribution in [3.63, 3.8) is 0 Å². The Morgan fingerprint density at radius 3 is 2.27 bits per heavy atom. The lowest BCUT2D eigenvalue weighted by atomic mass is 9.85. The molecule has 2 heterocycles. The summed E-state index contributed by atoms with van der Waals surface area (Å²) in [6, 6.07) is 20.2. The van der Waals surface area contributed by atoms with Crippen LogP contribution in [0, 0.1) is 6.92 Å². The number of hydrogen-bond acceptors (Lipinski definition) is 7. The molecule has 0 aliphatic carbocycles. The molecule has 1 fully saturated rings. The second kappa shape index (κ2) is 15.4. The molecule has 10 heteroatoms. The number of nitrogens with one attached hydrogen (secondary N) is 2. The summed E-state index contributed by atoms with van der Waals surface area (Å²) >= 11 is 0. The summed E-state index contributed by atoms with van der Waals surface area (Å²) < 4.78 is 7.01. The van der Waals surface area contributed by atoms with Gasteiger partial charge in [0.25, 0.3) is 17.4 Å². The topological polar surface area (TPSA) is 126 Å². The van der Waals surface area contributed by atoms with E-state index in [0.717, 1.165) is 55.5 Å². The van der Waals surface area contributed by atoms with Gasteiger partial charge in [0, 0.05) is 59.8 Å². The van der Waals surface area contributed by atoms with Crippen molar-refractivity contribution in [3.8, 4) is 11.3 Å². The van der Waals surface area contributed by atoms with E-state index in [-0.39, 0.29) is 41.8 Å². The van der Waals surface area contributed by atoms with Gasteiger partial charge in [0.15, 0.2) is 5.82 Å². The Balaban J connectivity index is 1.31. The van der Waals surface area contributed by atoms with Crippen molar-refractivity contribution < 1.29 is 19.4 Å². The van der Waals surface area contributed by atoms with Crippen LogP contribution in [0.2, 0.25) is 0 Å². The first-order valence-corrected chi connectivity index (χ1v) is 16.5. The number of ether oxygens (including phenoxy) is 1. The van der Waals surface area contributed by atoms with Crippen LogP contribution in [0.15, 0.2) is 77.7 Å². The van der Waals surface area contributed by atoms with Gasteiger partial charge < -0.3 is 29.9 Å². The van der Waals surface area contributed by atoms with E-state index in [1.807, 2.05) is 42.2 Å². The molecule has 48 heavy (non-hydrogen) atoms. The maximum atomic E-state index is 13.3. The Bertz CT molecular complexity index is 1790. The first-order chi connectivity index (χ1) is 23.1. The number of benzene rings is 3. The van der Waals surface area contributed by atoms with Gasteiger partial charge in [-0.25, -0.2) is 4.98 Å². The highest BCUT2D eigenvalue weighted by atomic mass is 16.5. The molecule has 0 spiro atoms. The molecular weight excluding hydrogens is 606 g/mol. The van der Waals surface area contributed by atoms with Gasteiger partial charge in [-0.15, -0.1) is 0 Å². The Kier molecular flexibility index (Phi) is 11.1. The Morgan fingerprint density at radius 1 is 0.938 bits per heavy atom. The van der Waals surface area contributed by atoms with Crippen molar-refractivity contribution in [1.29, 1.82) is 0 Å². The van der Waals surface area contributed by atoms with Crippen LogP contribution >= 0.6 is 0 Å². The van der Waals surface area contributed by atoms with E-state index in [9.17, 15) is 14.4 Å². The summed E-state index contributed by atoms with van der Waals surface area (Å²) in [5.74, 6) is -0.0619.